The van der Waals surface area contributed by atoms with Crippen molar-refractivity contribution in [3.05, 3.63) is 42.0 Å². The molecule has 8 nitrogen and oxygen atoms in total. The number of aromatic nitrogens is 3. The fraction of sp³-hybridized carbons (Fsp3) is 0.545. The van der Waals surface area contributed by atoms with Crippen molar-refractivity contribution in [2.24, 2.45) is 11.3 Å². The smallest absolute Gasteiger partial charge is 0.223 e. The van der Waals surface area contributed by atoms with Crippen molar-refractivity contribution in [3.8, 4) is 11.4 Å². The maximum Gasteiger partial charge on any atom is 0.223 e. The summed E-state index contributed by atoms with van der Waals surface area (Å²) in [5, 5.41) is 3.21. The molecule has 1 unspecified atom stereocenters. The zero-order valence-corrected chi connectivity index (χ0v) is 19.0. The molecule has 1 fully saturated rings. The van der Waals surface area contributed by atoms with Gasteiger partial charge in [0.2, 0.25) is 15.9 Å². The Labute approximate surface area is 183 Å². The van der Waals surface area contributed by atoms with Crippen LogP contribution in [0.4, 0.5) is 0 Å². The highest BCUT2D eigenvalue weighted by Crippen LogP contribution is 2.40. The Morgan fingerprint density at radius 3 is 2.61 bits per heavy atom. The number of nitrogens with zero attached hydrogens (tertiary/aromatic N) is 4. The van der Waals surface area contributed by atoms with Crippen LogP contribution < -0.4 is 5.32 Å². The minimum atomic E-state index is -3.20. The third-order valence-corrected chi connectivity index (χ3v) is 7.51. The molecule has 4 rings (SSSR count). The third kappa shape index (κ3) is 4.93. The summed E-state index contributed by atoms with van der Waals surface area (Å²) in [6.45, 7) is 5.15. The number of hydrogen-bond acceptors (Lipinski definition) is 6. The van der Waals surface area contributed by atoms with Gasteiger partial charge in [-0.25, -0.2) is 22.7 Å². The summed E-state index contributed by atoms with van der Waals surface area (Å²) in [5.74, 6) is 0.447. The van der Waals surface area contributed by atoms with E-state index in [1.165, 1.54) is 10.6 Å². The summed E-state index contributed by atoms with van der Waals surface area (Å²) < 4.78 is 24.9. The number of hydrogen-bond donors (Lipinski definition) is 1. The van der Waals surface area contributed by atoms with Gasteiger partial charge >= 0.3 is 0 Å². The highest BCUT2D eigenvalue weighted by molar-refractivity contribution is 7.88. The van der Waals surface area contributed by atoms with Crippen LogP contribution in [0.5, 0.6) is 0 Å². The normalized spacial score (nSPS) is 22.0. The molecule has 2 aromatic heterocycles. The molecule has 31 heavy (non-hydrogen) atoms. The minimum Gasteiger partial charge on any atom is -0.349 e. The van der Waals surface area contributed by atoms with Gasteiger partial charge < -0.3 is 5.32 Å². The van der Waals surface area contributed by atoms with Crippen molar-refractivity contribution in [1.82, 2.24) is 24.6 Å². The largest absolute Gasteiger partial charge is 0.349 e. The van der Waals surface area contributed by atoms with Crippen molar-refractivity contribution < 1.29 is 13.2 Å². The van der Waals surface area contributed by atoms with E-state index >= 15 is 0 Å². The van der Waals surface area contributed by atoms with Crippen LogP contribution in [0.25, 0.3) is 11.4 Å². The van der Waals surface area contributed by atoms with Gasteiger partial charge in [-0.2, -0.15) is 0 Å². The van der Waals surface area contributed by atoms with Gasteiger partial charge in [0.05, 0.1) is 18.0 Å². The summed E-state index contributed by atoms with van der Waals surface area (Å²) in [5.41, 5.74) is 2.79. The first kappa shape index (κ1) is 21.8. The number of fused-ring (bicyclic) bond motifs is 1. The van der Waals surface area contributed by atoms with E-state index in [1.807, 2.05) is 18.3 Å². The predicted octanol–water partition coefficient (Wildman–Crippen LogP) is 2.34. The Balaban J connectivity index is 1.51. The van der Waals surface area contributed by atoms with E-state index in [9.17, 15) is 13.2 Å². The lowest BCUT2D eigenvalue weighted by atomic mass is 9.74. The molecule has 0 radical (unpaired) electrons. The first-order chi connectivity index (χ1) is 14.6. The molecule has 1 atom stereocenters. The quantitative estimate of drug-likeness (QED) is 0.778. The molecular formula is C22H29N5O3S. The van der Waals surface area contributed by atoms with Gasteiger partial charge in [0.15, 0.2) is 5.82 Å². The number of rotatable bonds is 4. The van der Waals surface area contributed by atoms with Crippen LogP contribution in [-0.2, 0) is 21.2 Å². The SMILES string of the molecule is CC1(C)Cc2nc(-c3cccnc3)ncc2C(NC(=O)C2CCN(S(C)(=O)=O)CC2)C1. The molecule has 166 valence electrons. The molecule has 1 amide bonds. The monoisotopic (exact) mass is 443 g/mol. The Bertz CT molecular complexity index is 1060. The highest BCUT2D eigenvalue weighted by Gasteiger charge is 2.36. The van der Waals surface area contributed by atoms with Crippen molar-refractivity contribution >= 4 is 15.9 Å². The zero-order chi connectivity index (χ0) is 22.2. The van der Waals surface area contributed by atoms with E-state index in [4.69, 9.17) is 4.98 Å². The first-order valence-electron chi connectivity index (χ1n) is 10.6. The number of piperidine rings is 1. The van der Waals surface area contributed by atoms with Gasteiger partial charge in [0, 0.05) is 48.7 Å². The Hall–Kier alpha value is -2.39. The fourth-order valence-corrected chi connectivity index (χ4v) is 5.42. The molecule has 0 aromatic carbocycles. The van der Waals surface area contributed by atoms with Gasteiger partial charge in [-0.1, -0.05) is 13.8 Å². The summed E-state index contributed by atoms with van der Waals surface area (Å²) >= 11 is 0. The lowest BCUT2D eigenvalue weighted by molar-refractivity contribution is -0.127. The number of nitrogens with one attached hydrogen (secondary N) is 1. The lowest BCUT2D eigenvalue weighted by Gasteiger charge is -2.37. The molecule has 2 aromatic rings. The van der Waals surface area contributed by atoms with E-state index < -0.39 is 10.0 Å². The fourth-order valence-electron chi connectivity index (χ4n) is 4.55. The Kier molecular flexibility index (Phi) is 5.83. The molecule has 1 saturated heterocycles. The minimum absolute atomic E-state index is 0.00877. The number of sulfonamides is 1. The second-order valence-corrected chi connectivity index (χ2v) is 11.4. The zero-order valence-electron chi connectivity index (χ0n) is 18.2. The molecule has 1 aliphatic heterocycles. The van der Waals surface area contributed by atoms with Crippen LogP contribution in [0, 0.1) is 11.3 Å². The third-order valence-electron chi connectivity index (χ3n) is 6.21. The van der Waals surface area contributed by atoms with E-state index in [-0.39, 0.29) is 23.3 Å². The van der Waals surface area contributed by atoms with E-state index in [1.54, 1.807) is 12.4 Å². The van der Waals surface area contributed by atoms with Crippen LogP contribution in [0.2, 0.25) is 0 Å². The van der Waals surface area contributed by atoms with Crippen molar-refractivity contribution in [3.63, 3.8) is 0 Å². The van der Waals surface area contributed by atoms with Crippen LogP contribution in [0.1, 0.15) is 50.4 Å². The lowest BCUT2D eigenvalue weighted by Crippen LogP contribution is -2.44. The van der Waals surface area contributed by atoms with Crippen LogP contribution in [0.15, 0.2) is 30.7 Å². The Morgan fingerprint density at radius 1 is 1.23 bits per heavy atom. The van der Waals surface area contributed by atoms with Crippen LogP contribution in [-0.4, -0.2) is 52.9 Å². The van der Waals surface area contributed by atoms with Crippen LogP contribution >= 0.6 is 0 Å². The predicted molar refractivity (Wildman–Crippen MR) is 117 cm³/mol. The van der Waals surface area contributed by atoms with Gasteiger partial charge in [-0.3, -0.25) is 9.78 Å². The van der Waals surface area contributed by atoms with E-state index in [0.717, 1.165) is 29.7 Å². The van der Waals surface area contributed by atoms with Crippen molar-refractivity contribution in [1.29, 1.82) is 0 Å². The van der Waals surface area contributed by atoms with E-state index in [2.05, 4.69) is 29.1 Å². The second-order valence-electron chi connectivity index (χ2n) is 9.38. The topological polar surface area (TPSA) is 105 Å². The molecule has 0 bridgehead atoms. The average Bonchev–Trinajstić information content (AvgIpc) is 2.72. The first-order valence-corrected chi connectivity index (χ1v) is 12.5. The summed E-state index contributed by atoms with van der Waals surface area (Å²) in [4.78, 5) is 26.5. The van der Waals surface area contributed by atoms with Gasteiger partial charge in [-0.15, -0.1) is 0 Å². The number of pyridine rings is 1. The molecular weight excluding hydrogens is 414 g/mol. The van der Waals surface area contributed by atoms with Gasteiger partial charge in [0.1, 0.15) is 0 Å². The number of amides is 1. The number of carbonyl (C=O) groups excluding carboxylic acids is 1. The van der Waals surface area contributed by atoms with Gasteiger partial charge in [0.25, 0.3) is 0 Å². The molecule has 2 aliphatic rings. The standard InChI is InChI=1S/C22H29N5O3S/c1-22(2)11-18-17(14-24-20(25-18)16-5-4-8-23-13-16)19(12-22)26-21(28)15-6-9-27(10-7-15)31(3,29)30/h4-5,8,13-15,19H,6-7,9-12H2,1-3H3,(H,26,28). The Morgan fingerprint density at radius 2 is 1.97 bits per heavy atom. The molecule has 1 aliphatic carbocycles. The molecule has 0 spiro atoms. The van der Waals surface area contributed by atoms with Crippen LogP contribution in [0.3, 0.4) is 0 Å². The maximum absolute atomic E-state index is 13.0. The molecule has 1 N–H and O–H groups in total. The second kappa shape index (κ2) is 8.27. The number of carbonyl (C=O) groups is 1. The average molecular weight is 444 g/mol. The summed E-state index contributed by atoms with van der Waals surface area (Å²) in [7, 11) is -3.20. The van der Waals surface area contributed by atoms with Crippen molar-refractivity contribution in [2.45, 2.75) is 45.6 Å². The van der Waals surface area contributed by atoms with Gasteiger partial charge in [-0.05, 0) is 43.2 Å². The van der Waals surface area contributed by atoms with E-state index in [0.29, 0.717) is 31.8 Å². The molecule has 3 heterocycles. The summed E-state index contributed by atoms with van der Waals surface area (Å²) in [6, 6.07) is 3.65. The molecule has 0 saturated carbocycles. The summed E-state index contributed by atoms with van der Waals surface area (Å²) in [6.07, 6.45) is 9.22. The van der Waals surface area contributed by atoms with Crippen molar-refractivity contribution in [2.75, 3.05) is 19.3 Å². The maximum atomic E-state index is 13.0. The highest BCUT2D eigenvalue weighted by atomic mass is 32.2. The molecule has 9 heteroatoms.